The number of methoxy groups -OCH3 is 1. The molecule has 0 saturated heterocycles. The van der Waals surface area contributed by atoms with Gasteiger partial charge < -0.3 is 0 Å². The summed E-state index contributed by atoms with van der Waals surface area (Å²) < 4.78 is 9.86. The van der Waals surface area contributed by atoms with Crippen LogP contribution in [0.3, 0.4) is 0 Å². The van der Waals surface area contributed by atoms with Gasteiger partial charge in [-0.25, -0.2) is 0 Å². The molecule has 4 aromatic rings. The zero-order chi connectivity index (χ0) is 22.0. The van der Waals surface area contributed by atoms with E-state index in [4.69, 9.17) is 4.74 Å². The first-order chi connectivity index (χ1) is 15.8. The van der Waals surface area contributed by atoms with Crippen LogP contribution >= 0.6 is 0 Å². The molecule has 0 aliphatic carbocycles. The van der Waals surface area contributed by atoms with Crippen molar-refractivity contribution in [3.05, 3.63) is 131 Å². The Morgan fingerprint density at radius 3 is 1.75 bits per heavy atom. The van der Waals surface area contributed by atoms with E-state index in [9.17, 15) is 0 Å². The third kappa shape index (κ3) is 6.25. The molecule has 0 aliphatic rings. The Morgan fingerprint density at radius 2 is 1.16 bits per heavy atom. The number of rotatable bonds is 9. The van der Waals surface area contributed by atoms with E-state index in [1.54, 1.807) is 11.6 Å². The predicted octanol–water partition coefficient (Wildman–Crippen LogP) is 5.32. The van der Waals surface area contributed by atoms with Crippen LogP contribution in [0.15, 0.2) is 120 Å². The fraction of sp³-hybridized carbons (Fsp3) is 0.103. The van der Waals surface area contributed by atoms with Crippen LogP contribution in [-0.2, 0) is 0 Å². The second-order valence-corrected chi connectivity index (χ2v) is 12.1. The third-order valence-electron chi connectivity index (χ3n) is 5.05. The van der Waals surface area contributed by atoms with Crippen molar-refractivity contribution in [3.8, 4) is 5.75 Å². The molecule has 0 bridgehead atoms. The monoisotopic (exact) mass is 550 g/mol. The van der Waals surface area contributed by atoms with Gasteiger partial charge in [-0.1, -0.05) is 0 Å². The zero-order valence-corrected chi connectivity index (χ0v) is 21.5. The quantitative estimate of drug-likeness (QED) is 0.258. The zero-order valence-electron chi connectivity index (χ0n) is 18.1. The maximum atomic E-state index is 5.41. The van der Waals surface area contributed by atoms with Gasteiger partial charge in [0.2, 0.25) is 0 Å². The molecule has 4 rings (SSSR count). The predicted molar refractivity (Wildman–Crippen MR) is 139 cm³/mol. The van der Waals surface area contributed by atoms with E-state index < -0.39 is 0 Å². The normalized spacial score (nSPS) is 11.7. The molecule has 32 heavy (non-hydrogen) atoms. The van der Waals surface area contributed by atoms with Gasteiger partial charge in [0.05, 0.1) is 0 Å². The average Bonchev–Trinajstić information content (AvgIpc) is 2.86. The molecule has 0 amide bonds. The van der Waals surface area contributed by atoms with Crippen molar-refractivity contribution in [2.75, 3.05) is 7.11 Å². The summed E-state index contributed by atoms with van der Waals surface area (Å²) in [5, 5.41) is 1.20. The molecule has 0 fully saturated rings. The van der Waals surface area contributed by atoms with Crippen molar-refractivity contribution in [1.29, 1.82) is 0 Å². The van der Waals surface area contributed by atoms with Crippen molar-refractivity contribution in [2.24, 2.45) is 0 Å². The van der Waals surface area contributed by atoms with Crippen molar-refractivity contribution in [3.63, 3.8) is 0 Å². The minimum atomic E-state index is 0.263. The SMILES string of the molecule is COc1ccc(/C(=C(/CC[Se]c2ccccc2)[Se]c2ccccc2)c2ccccc2)cc1. The first-order valence-electron chi connectivity index (χ1n) is 10.7. The van der Waals surface area contributed by atoms with Crippen LogP contribution in [-0.4, -0.2) is 37.0 Å². The number of benzene rings is 4. The Morgan fingerprint density at radius 1 is 0.625 bits per heavy atom. The molecular formula is C29H26OSe2. The van der Waals surface area contributed by atoms with Crippen LogP contribution in [0.5, 0.6) is 5.75 Å². The molecule has 0 heterocycles. The van der Waals surface area contributed by atoms with Gasteiger partial charge in [-0.2, -0.15) is 0 Å². The molecule has 0 aromatic heterocycles. The van der Waals surface area contributed by atoms with Crippen molar-refractivity contribution < 1.29 is 4.74 Å². The fourth-order valence-electron chi connectivity index (χ4n) is 3.49. The molecule has 0 spiro atoms. The second-order valence-electron chi connectivity index (χ2n) is 7.22. The molecule has 1 nitrogen and oxygen atoms in total. The molecule has 3 heteroatoms. The maximum absolute atomic E-state index is 5.41. The fourth-order valence-corrected chi connectivity index (χ4v) is 8.36. The summed E-state index contributed by atoms with van der Waals surface area (Å²) in [6.07, 6.45) is 1.11. The van der Waals surface area contributed by atoms with Gasteiger partial charge in [0.15, 0.2) is 0 Å². The van der Waals surface area contributed by atoms with Gasteiger partial charge in [-0.15, -0.1) is 0 Å². The number of allylic oxidation sites excluding steroid dienone is 1. The molecule has 0 radical (unpaired) electrons. The van der Waals surface area contributed by atoms with Gasteiger partial charge in [0.25, 0.3) is 0 Å². The van der Waals surface area contributed by atoms with E-state index in [2.05, 4.69) is 115 Å². The molecule has 0 N–H and O–H groups in total. The van der Waals surface area contributed by atoms with Crippen molar-refractivity contribution >= 4 is 44.4 Å². The van der Waals surface area contributed by atoms with Crippen LogP contribution in [0.1, 0.15) is 17.5 Å². The van der Waals surface area contributed by atoms with E-state index >= 15 is 0 Å². The molecule has 160 valence electrons. The summed E-state index contributed by atoms with van der Waals surface area (Å²) >= 11 is 0.736. The second kappa shape index (κ2) is 11.9. The minimum absolute atomic E-state index is 0.263. The Balaban J connectivity index is 1.74. The van der Waals surface area contributed by atoms with Crippen LogP contribution in [0.2, 0.25) is 5.32 Å². The number of hydrogen-bond acceptors (Lipinski definition) is 1. The van der Waals surface area contributed by atoms with Crippen LogP contribution < -0.4 is 13.7 Å². The Bertz CT molecular complexity index is 1120. The molecule has 0 saturated carbocycles. The van der Waals surface area contributed by atoms with Crippen LogP contribution in [0, 0.1) is 0 Å². The molecule has 0 unspecified atom stereocenters. The Hall–Kier alpha value is -2.54. The summed E-state index contributed by atoms with van der Waals surface area (Å²) in [5.74, 6) is 0.892. The molecule has 0 aliphatic heterocycles. The summed E-state index contributed by atoms with van der Waals surface area (Å²) in [5.41, 5.74) is 3.93. The molecule has 0 atom stereocenters. The van der Waals surface area contributed by atoms with E-state index in [0.717, 1.165) is 12.2 Å². The number of hydrogen-bond donors (Lipinski definition) is 0. The topological polar surface area (TPSA) is 9.23 Å². The van der Waals surface area contributed by atoms with E-state index in [1.807, 2.05) is 0 Å². The number of ether oxygens (including phenoxy) is 1. The summed E-state index contributed by atoms with van der Waals surface area (Å²) in [7, 11) is 1.72. The standard InChI is InChI=1S/C29H26OSe2/c1-30-25-19-17-24(18-20-25)29(23-11-5-2-6-12-23)28(32-27-15-9-4-10-16-27)21-22-31-26-13-7-3-8-14-26/h2-20H,21-22H2,1H3/b29-28-. The van der Waals surface area contributed by atoms with Gasteiger partial charge in [-0.05, 0) is 0 Å². The van der Waals surface area contributed by atoms with Gasteiger partial charge in [-0.3, -0.25) is 0 Å². The first-order valence-corrected chi connectivity index (χ1v) is 14.5. The average molecular weight is 548 g/mol. The van der Waals surface area contributed by atoms with E-state index in [0.29, 0.717) is 15.0 Å². The summed E-state index contributed by atoms with van der Waals surface area (Å²) in [6.45, 7) is 0. The van der Waals surface area contributed by atoms with Crippen LogP contribution in [0.4, 0.5) is 0 Å². The van der Waals surface area contributed by atoms with E-state index in [-0.39, 0.29) is 15.0 Å². The van der Waals surface area contributed by atoms with Crippen molar-refractivity contribution in [2.45, 2.75) is 11.7 Å². The van der Waals surface area contributed by atoms with Crippen molar-refractivity contribution in [1.82, 2.24) is 0 Å². The first kappa shape index (κ1) is 22.6. The summed E-state index contributed by atoms with van der Waals surface area (Å²) in [4.78, 5) is 0. The third-order valence-corrected chi connectivity index (χ3v) is 9.61. The Kier molecular flexibility index (Phi) is 8.42. The molecular weight excluding hydrogens is 522 g/mol. The van der Waals surface area contributed by atoms with Crippen LogP contribution in [0.25, 0.3) is 5.57 Å². The summed E-state index contributed by atoms with van der Waals surface area (Å²) in [6, 6.07) is 41.2. The van der Waals surface area contributed by atoms with Gasteiger partial charge >= 0.3 is 205 Å². The molecule has 4 aromatic carbocycles. The van der Waals surface area contributed by atoms with Gasteiger partial charge in [0, 0.05) is 0 Å². The van der Waals surface area contributed by atoms with Gasteiger partial charge in [0.1, 0.15) is 0 Å². The van der Waals surface area contributed by atoms with E-state index in [1.165, 1.54) is 30.9 Å². The Labute approximate surface area is 203 Å².